The monoisotopic (exact) mass is 302 g/mol. The standard InChI is InChI=1S/C13H19ClN2O2S/c1-4-11(9-19-3)15(2)8-10-7-12(16(17)18)5-6-13(10)14/h5-7,11H,4,8-9H2,1-3H3. The van der Waals surface area contributed by atoms with Gasteiger partial charge in [-0.3, -0.25) is 15.0 Å². The van der Waals surface area contributed by atoms with Crippen molar-refractivity contribution in [2.75, 3.05) is 19.1 Å². The third kappa shape index (κ3) is 4.67. The van der Waals surface area contributed by atoms with Gasteiger partial charge in [0.2, 0.25) is 0 Å². The largest absolute Gasteiger partial charge is 0.298 e. The molecule has 0 saturated heterocycles. The molecule has 0 fully saturated rings. The van der Waals surface area contributed by atoms with Crippen LogP contribution in [0.4, 0.5) is 5.69 Å². The van der Waals surface area contributed by atoms with Crippen LogP contribution in [0.15, 0.2) is 18.2 Å². The van der Waals surface area contributed by atoms with Crippen LogP contribution in [0.5, 0.6) is 0 Å². The highest BCUT2D eigenvalue weighted by atomic mass is 35.5. The van der Waals surface area contributed by atoms with Gasteiger partial charge in [-0.2, -0.15) is 11.8 Å². The van der Waals surface area contributed by atoms with Gasteiger partial charge < -0.3 is 0 Å². The smallest absolute Gasteiger partial charge is 0.269 e. The molecule has 6 heteroatoms. The van der Waals surface area contributed by atoms with Crippen LogP contribution in [0.1, 0.15) is 18.9 Å². The summed E-state index contributed by atoms with van der Waals surface area (Å²) in [6.45, 7) is 2.77. The Morgan fingerprint density at radius 1 is 1.53 bits per heavy atom. The zero-order chi connectivity index (χ0) is 14.4. The van der Waals surface area contributed by atoms with E-state index in [2.05, 4.69) is 18.1 Å². The second-order valence-electron chi connectivity index (χ2n) is 4.47. The Balaban J connectivity index is 2.85. The maximum absolute atomic E-state index is 10.8. The topological polar surface area (TPSA) is 46.4 Å². The molecule has 4 nitrogen and oxygen atoms in total. The van der Waals surface area contributed by atoms with Crippen molar-refractivity contribution < 1.29 is 4.92 Å². The minimum Gasteiger partial charge on any atom is -0.298 e. The summed E-state index contributed by atoms with van der Waals surface area (Å²) in [5, 5.41) is 11.4. The van der Waals surface area contributed by atoms with E-state index in [9.17, 15) is 10.1 Å². The lowest BCUT2D eigenvalue weighted by Crippen LogP contribution is -2.32. The molecular formula is C13H19ClN2O2S. The van der Waals surface area contributed by atoms with Crippen LogP contribution in [0.25, 0.3) is 0 Å². The molecule has 0 spiro atoms. The van der Waals surface area contributed by atoms with Gasteiger partial charge in [-0.15, -0.1) is 0 Å². The van der Waals surface area contributed by atoms with Crippen molar-refractivity contribution >= 4 is 29.1 Å². The number of hydrogen-bond acceptors (Lipinski definition) is 4. The quantitative estimate of drug-likeness (QED) is 0.567. The number of nitro groups is 1. The second-order valence-corrected chi connectivity index (χ2v) is 5.78. The normalized spacial score (nSPS) is 12.7. The predicted octanol–water partition coefficient (Wildman–Crippen LogP) is 3.82. The fourth-order valence-corrected chi connectivity index (χ4v) is 3.00. The molecule has 1 aromatic rings. The molecule has 106 valence electrons. The van der Waals surface area contributed by atoms with E-state index in [4.69, 9.17) is 11.6 Å². The van der Waals surface area contributed by atoms with Crippen molar-refractivity contribution in [1.82, 2.24) is 4.90 Å². The first-order valence-electron chi connectivity index (χ1n) is 6.11. The second kappa shape index (κ2) is 7.72. The lowest BCUT2D eigenvalue weighted by Gasteiger charge is -2.26. The van der Waals surface area contributed by atoms with E-state index in [1.807, 2.05) is 7.05 Å². The van der Waals surface area contributed by atoms with E-state index in [1.54, 1.807) is 23.9 Å². The van der Waals surface area contributed by atoms with Crippen LogP contribution in [0.2, 0.25) is 5.02 Å². The Kier molecular flexibility index (Phi) is 6.62. The average Bonchev–Trinajstić information content (AvgIpc) is 2.38. The Hall–Kier alpha value is -0.780. The van der Waals surface area contributed by atoms with Crippen molar-refractivity contribution in [2.45, 2.75) is 25.9 Å². The first-order chi connectivity index (χ1) is 8.99. The molecule has 0 N–H and O–H groups in total. The summed E-state index contributed by atoms with van der Waals surface area (Å²) in [5.74, 6) is 1.04. The lowest BCUT2D eigenvalue weighted by atomic mass is 10.1. The third-order valence-corrected chi connectivity index (χ3v) is 4.20. The Bertz CT molecular complexity index is 443. The van der Waals surface area contributed by atoms with Crippen molar-refractivity contribution in [2.24, 2.45) is 0 Å². The first kappa shape index (κ1) is 16.3. The summed E-state index contributed by atoms with van der Waals surface area (Å²) in [6.07, 6.45) is 3.13. The molecular weight excluding hydrogens is 284 g/mol. The average molecular weight is 303 g/mol. The van der Waals surface area contributed by atoms with E-state index in [-0.39, 0.29) is 10.6 Å². The Morgan fingerprint density at radius 3 is 2.74 bits per heavy atom. The van der Waals surface area contributed by atoms with Gasteiger partial charge in [0.1, 0.15) is 0 Å². The molecule has 0 aliphatic heterocycles. The van der Waals surface area contributed by atoms with Gasteiger partial charge in [0.15, 0.2) is 0 Å². The molecule has 19 heavy (non-hydrogen) atoms. The number of halogens is 1. The summed E-state index contributed by atoms with van der Waals surface area (Å²) < 4.78 is 0. The number of thioether (sulfide) groups is 1. The minimum absolute atomic E-state index is 0.0886. The molecule has 0 heterocycles. The fourth-order valence-electron chi connectivity index (χ4n) is 1.94. The highest BCUT2D eigenvalue weighted by Crippen LogP contribution is 2.24. The van der Waals surface area contributed by atoms with Crippen LogP contribution in [0, 0.1) is 10.1 Å². The van der Waals surface area contributed by atoms with Gasteiger partial charge in [-0.05, 0) is 31.4 Å². The van der Waals surface area contributed by atoms with E-state index >= 15 is 0 Å². The number of nitro benzene ring substituents is 1. The molecule has 0 aliphatic rings. The third-order valence-electron chi connectivity index (χ3n) is 3.11. The lowest BCUT2D eigenvalue weighted by molar-refractivity contribution is -0.384. The maximum atomic E-state index is 10.8. The Morgan fingerprint density at radius 2 is 2.21 bits per heavy atom. The summed E-state index contributed by atoms with van der Waals surface area (Å²) in [6, 6.07) is 5.04. The highest BCUT2D eigenvalue weighted by molar-refractivity contribution is 7.98. The zero-order valence-corrected chi connectivity index (χ0v) is 13.0. The van der Waals surface area contributed by atoms with Crippen LogP contribution in [0.3, 0.4) is 0 Å². The van der Waals surface area contributed by atoms with Crippen molar-refractivity contribution in [3.8, 4) is 0 Å². The van der Waals surface area contributed by atoms with Gasteiger partial charge in [0.25, 0.3) is 5.69 Å². The van der Waals surface area contributed by atoms with Gasteiger partial charge >= 0.3 is 0 Å². The SMILES string of the molecule is CCC(CSC)N(C)Cc1cc([N+](=O)[O-])ccc1Cl. The highest BCUT2D eigenvalue weighted by Gasteiger charge is 2.16. The van der Waals surface area contributed by atoms with E-state index in [0.29, 0.717) is 17.6 Å². The number of hydrogen-bond donors (Lipinski definition) is 0. The molecule has 1 unspecified atom stereocenters. The summed E-state index contributed by atoms with van der Waals surface area (Å²) in [7, 11) is 2.03. The van der Waals surface area contributed by atoms with Gasteiger partial charge in [-0.25, -0.2) is 0 Å². The van der Waals surface area contributed by atoms with Crippen LogP contribution < -0.4 is 0 Å². The van der Waals surface area contributed by atoms with Crippen molar-refractivity contribution in [3.63, 3.8) is 0 Å². The van der Waals surface area contributed by atoms with Crippen LogP contribution in [-0.2, 0) is 6.54 Å². The summed E-state index contributed by atoms with van der Waals surface area (Å²) in [5.41, 5.74) is 0.892. The number of rotatable bonds is 7. The predicted molar refractivity (Wildman–Crippen MR) is 82.0 cm³/mol. The Labute approximate surface area is 123 Å². The molecule has 1 aromatic carbocycles. The molecule has 0 bridgehead atoms. The number of non-ortho nitro benzene ring substituents is 1. The van der Waals surface area contributed by atoms with E-state index in [0.717, 1.165) is 17.7 Å². The molecule has 1 atom stereocenters. The number of benzene rings is 1. The van der Waals surface area contributed by atoms with Crippen molar-refractivity contribution in [1.29, 1.82) is 0 Å². The van der Waals surface area contributed by atoms with Crippen molar-refractivity contribution in [3.05, 3.63) is 38.9 Å². The molecule has 0 aromatic heterocycles. The van der Waals surface area contributed by atoms with Gasteiger partial charge in [-0.1, -0.05) is 18.5 Å². The van der Waals surface area contributed by atoms with E-state index in [1.165, 1.54) is 6.07 Å². The van der Waals surface area contributed by atoms with Crippen LogP contribution >= 0.6 is 23.4 Å². The summed E-state index contributed by atoms with van der Waals surface area (Å²) in [4.78, 5) is 12.6. The molecule has 0 aliphatic carbocycles. The summed E-state index contributed by atoms with van der Waals surface area (Å²) >= 11 is 7.92. The van der Waals surface area contributed by atoms with E-state index < -0.39 is 0 Å². The fraction of sp³-hybridized carbons (Fsp3) is 0.538. The maximum Gasteiger partial charge on any atom is 0.269 e. The van der Waals surface area contributed by atoms with Crippen LogP contribution in [-0.4, -0.2) is 34.9 Å². The number of nitrogens with zero attached hydrogens (tertiary/aromatic N) is 2. The minimum atomic E-state index is -0.390. The molecule has 0 radical (unpaired) electrons. The zero-order valence-electron chi connectivity index (χ0n) is 11.4. The van der Waals surface area contributed by atoms with Gasteiger partial charge in [0.05, 0.1) is 4.92 Å². The van der Waals surface area contributed by atoms with Gasteiger partial charge in [0, 0.05) is 35.5 Å². The molecule has 1 rings (SSSR count). The molecule has 0 amide bonds. The first-order valence-corrected chi connectivity index (χ1v) is 7.88. The molecule has 0 saturated carbocycles.